The van der Waals surface area contributed by atoms with Crippen molar-refractivity contribution in [2.75, 3.05) is 13.2 Å². The summed E-state index contributed by atoms with van der Waals surface area (Å²) in [6.45, 7) is 6.46. The van der Waals surface area contributed by atoms with Gasteiger partial charge in [-0.1, -0.05) is 248 Å². The quantitative estimate of drug-likeness (QED) is 0.0262. The summed E-state index contributed by atoms with van der Waals surface area (Å²) in [6, 6.07) is 0. The zero-order valence-electron chi connectivity index (χ0n) is 44.2. The molecule has 0 aromatic rings. The normalized spacial score (nSPS) is 12.6. The number of hydrogen-bond donors (Lipinski definition) is 0. The Balaban J connectivity index is 4.24. The zero-order chi connectivity index (χ0) is 48.6. The maximum absolute atomic E-state index is 12.8. The Morgan fingerprint density at radius 3 is 0.970 bits per heavy atom. The van der Waals surface area contributed by atoms with Gasteiger partial charge in [0, 0.05) is 19.3 Å². The fourth-order valence-corrected chi connectivity index (χ4v) is 7.94. The lowest BCUT2D eigenvalue weighted by molar-refractivity contribution is -0.167. The monoisotopic (exact) mass is 935 g/mol. The van der Waals surface area contributed by atoms with E-state index in [1.165, 1.54) is 122 Å². The van der Waals surface area contributed by atoms with Gasteiger partial charge in [-0.2, -0.15) is 0 Å². The lowest BCUT2D eigenvalue weighted by Crippen LogP contribution is -2.30. The summed E-state index contributed by atoms with van der Waals surface area (Å²) < 4.78 is 16.8. The Kier molecular flexibility index (Phi) is 52.8. The van der Waals surface area contributed by atoms with Gasteiger partial charge in [-0.15, -0.1) is 0 Å². The molecule has 0 aromatic carbocycles. The molecule has 0 saturated heterocycles. The summed E-state index contributed by atoms with van der Waals surface area (Å²) in [4.78, 5) is 38.0. The second-order valence-electron chi connectivity index (χ2n) is 18.8. The first-order valence-electron chi connectivity index (χ1n) is 28.4. The third-order valence-corrected chi connectivity index (χ3v) is 12.2. The number of carbonyl (C=O) groups excluding carboxylic acids is 3. The summed E-state index contributed by atoms with van der Waals surface area (Å²) >= 11 is 0. The Hall–Kier alpha value is -3.15. The van der Waals surface area contributed by atoms with Crippen LogP contribution in [0.2, 0.25) is 0 Å². The van der Waals surface area contributed by atoms with E-state index >= 15 is 0 Å². The minimum atomic E-state index is -0.780. The van der Waals surface area contributed by atoms with Gasteiger partial charge in [-0.05, 0) is 83.5 Å². The molecule has 0 heterocycles. The molecule has 0 N–H and O–H groups in total. The molecule has 1 unspecified atom stereocenters. The van der Waals surface area contributed by atoms with Crippen LogP contribution in [-0.4, -0.2) is 37.2 Å². The van der Waals surface area contributed by atoms with Gasteiger partial charge < -0.3 is 14.2 Å². The molecule has 6 heteroatoms. The molecule has 0 aliphatic heterocycles. The molecule has 0 saturated carbocycles. The van der Waals surface area contributed by atoms with Crippen molar-refractivity contribution in [2.45, 2.75) is 284 Å². The van der Waals surface area contributed by atoms with Crippen molar-refractivity contribution in [3.05, 3.63) is 72.9 Å². The molecule has 1 atom stereocenters. The average molecular weight is 936 g/mol. The van der Waals surface area contributed by atoms with Crippen molar-refractivity contribution in [3.8, 4) is 0 Å². The van der Waals surface area contributed by atoms with Gasteiger partial charge in [0.25, 0.3) is 0 Å². The van der Waals surface area contributed by atoms with Crippen LogP contribution in [0.4, 0.5) is 0 Å². The summed E-state index contributed by atoms with van der Waals surface area (Å²) in [5, 5.41) is 0. The number of rotatable bonds is 51. The van der Waals surface area contributed by atoms with Crippen LogP contribution in [-0.2, 0) is 28.6 Å². The molecule has 67 heavy (non-hydrogen) atoms. The second-order valence-corrected chi connectivity index (χ2v) is 18.8. The van der Waals surface area contributed by atoms with Crippen LogP contribution < -0.4 is 0 Å². The van der Waals surface area contributed by atoms with E-state index in [0.717, 1.165) is 116 Å². The summed E-state index contributed by atoms with van der Waals surface area (Å²) in [5.41, 5.74) is 0. The Labute approximate surface area is 414 Å². The van der Waals surface area contributed by atoms with Crippen molar-refractivity contribution in [1.29, 1.82) is 0 Å². The van der Waals surface area contributed by atoms with Crippen LogP contribution in [0.1, 0.15) is 278 Å². The lowest BCUT2D eigenvalue weighted by atomic mass is 10.0. The molecule has 0 amide bonds. The van der Waals surface area contributed by atoms with Crippen LogP contribution in [0.3, 0.4) is 0 Å². The van der Waals surface area contributed by atoms with Crippen LogP contribution in [0.15, 0.2) is 72.9 Å². The van der Waals surface area contributed by atoms with E-state index in [9.17, 15) is 14.4 Å². The fraction of sp³-hybridized carbons (Fsp3) is 0.754. The standard InChI is InChI=1S/C61H106O6/c1-4-7-10-13-16-19-22-24-25-26-27-28-29-30-31-32-33-34-35-37-39-42-45-48-51-54-60(63)66-57-58(56-65-59(62)53-50-47-44-41-38-21-18-15-12-9-6-3)67-61(64)55-52-49-46-43-40-36-23-20-17-14-11-8-5-2/h7,10-11,14,16,19-20,23-25,27-28,58H,4-6,8-9,12-13,15,17-18,21-22,26,29-57H2,1-3H3/b10-7-,14-11-,19-16-,23-20-,25-24-,28-27-. The van der Waals surface area contributed by atoms with E-state index in [4.69, 9.17) is 14.2 Å². The maximum atomic E-state index is 12.8. The van der Waals surface area contributed by atoms with Crippen LogP contribution >= 0.6 is 0 Å². The summed E-state index contributed by atoms with van der Waals surface area (Å²) in [7, 11) is 0. The molecule has 6 nitrogen and oxygen atoms in total. The smallest absolute Gasteiger partial charge is 0.306 e. The Morgan fingerprint density at radius 2 is 0.612 bits per heavy atom. The van der Waals surface area contributed by atoms with Gasteiger partial charge in [0.05, 0.1) is 0 Å². The minimum absolute atomic E-state index is 0.0789. The van der Waals surface area contributed by atoms with Crippen LogP contribution in [0.5, 0.6) is 0 Å². The third kappa shape index (κ3) is 53.7. The molecule has 0 aliphatic rings. The van der Waals surface area contributed by atoms with Gasteiger partial charge in [-0.25, -0.2) is 0 Å². The Morgan fingerprint density at radius 1 is 0.313 bits per heavy atom. The third-order valence-electron chi connectivity index (χ3n) is 12.2. The van der Waals surface area contributed by atoms with Gasteiger partial charge in [-0.3, -0.25) is 14.4 Å². The predicted molar refractivity (Wildman–Crippen MR) is 288 cm³/mol. The van der Waals surface area contributed by atoms with Gasteiger partial charge in [0.2, 0.25) is 0 Å². The van der Waals surface area contributed by atoms with E-state index < -0.39 is 6.10 Å². The number of ether oxygens (including phenoxy) is 3. The largest absolute Gasteiger partial charge is 0.462 e. The van der Waals surface area contributed by atoms with E-state index in [0.29, 0.717) is 19.3 Å². The van der Waals surface area contributed by atoms with Crippen LogP contribution in [0.25, 0.3) is 0 Å². The highest BCUT2D eigenvalue weighted by Crippen LogP contribution is 2.16. The SMILES string of the molecule is CC/C=C\C/C=C\C/C=C\C/C=C\CCCCCCCCCCCCCCC(=O)OCC(COC(=O)CCCCCCCCCCCCC)OC(=O)CCCCCCC/C=C\C/C=C\CCC. The van der Waals surface area contributed by atoms with E-state index in [2.05, 4.69) is 93.7 Å². The highest BCUT2D eigenvalue weighted by molar-refractivity contribution is 5.71. The van der Waals surface area contributed by atoms with Crippen molar-refractivity contribution in [2.24, 2.45) is 0 Å². The number of esters is 3. The Bertz CT molecular complexity index is 1260. The highest BCUT2D eigenvalue weighted by atomic mass is 16.6. The highest BCUT2D eigenvalue weighted by Gasteiger charge is 2.19. The van der Waals surface area contributed by atoms with Crippen molar-refractivity contribution < 1.29 is 28.6 Å². The maximum Gasteiger partial charge on any atom is 0.306 e. The molecule has 0 radical (unpaired) electrons. The van der Waals surface area contributed by atoms with Crippen LogP contribution in [0, 0.1) is 0 Å². The van der Waals surface area contributed by atoms with Gasteiger partial charge in [0.1, 0.15) is 13.2 Å². The number of hydrogen-bond acceptors (Lipinski definition) is 6. The predicted octanol–water partition coefficient (Wildman–Crippen LogP) is 19.0. The number of unbranched alkanes of at least 4 members (excludes halogenated alkanes) is 28. The van der Waals surface area contributed by atoms with E-state index in [1.54, 1.807) is 0 Å². The molecule has 0 fully saturated rings. The topological polar surface area (TPSA) is 78.9 Å². The van der Waals surface area contributed by atoms with Gasteiger partial charge >= 0.3 is 17.9 Å². The first-order chi connectivity index (χ1) is 33.0. The lowest BCUT2D eigenvalue weighted by Gasteiger charge is -2.18. The van der Waals surface area contributed by atoms with E-state index in [-0.39, 0.29) is 31.1 Å². The van der Waals surface area contributed by atoms with Crippen molar-refractivity contribution >= 4 is 17.9 Å². The van der Waals surface area contributed by atoms with Gasteiger partial charge in [0.15, 0.2) is 6.10 Å². The average Bonchev–Trinajstić information content (AvgIpc) is 3.33. The summed E-state index contributed by atoms with van der Waals surface area (Å²) in [5.74, 6) is -0.889. The number of allylic oxidation sites excluding steroid dienone is 12. The zero-order valence-corrected chi connectivity index (χ0v) is 44.2. The summed E-state index contributed by atoms with van der Waals surface area (Å²) in [6.07, 6.45) is 70.4. The van der Waals surface area contributed by atoms with Crippen molar-refractivity contribution in [1.82, 2.24) is 0 Å². The first kappa shape index (κ1) is 63.8. The first-order valence-corrected chi connectivity index (χ1v) is 28.4. The fourth-order valence-electron chi connectivity index (χ4n) is 7.94. The molecule has 0 spiro atoms. The molecular weight excluding hydrogens is 829 g/mol. The molecule has 0 aromatic heterocycles. The molecular formula is C61H106O6. The molecule has 386 valence electrons. The second kappa shape index (κ2) is 55.4. The molecule has 0 aliphatic carbocycles. The number of carbonyl (C=O) groups is 3. The minimum Gasteiger partial charge on any atom is -0.462 e. The van der Waals surface area contributed by atoms with Crippen molar-refractivity contribution in [3.63, 3.8) is 0 Å². The molecule has 0 bridgehead atoms. The van der Waals surface area contributed by atoms with E-state index in [1.807, 2.05) is 0 Å². The molecule has 0 rings (SSSR count).